The van der Waals surface area contributed by atoms with Gasteiger partial charge in [0.1, 0.15) is 11.0 Å². The number of halogens is 2. The second kappa shape index (κ2) is 4.30. The van der Waals surface area contributed by atoms with E-state index in [0.29, 0.717) is 10.7 Å². The number of hydrogen-bond donors (Lipinski definition) is 0. The zero-order valence-electron chi connectivity index (χ0n) is 11.0. The molecule has 1 aliphatic rings. The van der Waals surface area contributed by atoms with E-state index < -0.39 is 0 Å². The lowest BCUT2D eigenvalue weighted by Crippen LogP contribution is -2.26. The normalized spacial score (nSPS) is 17.3. The van der Waals surface area contributed by atoms with Crippen LogP contribution >= 0.6 is 11.6 Å². The molecular weight excluding hydrogens is 265 g/mol. The molecule has 0 saturated carbocycles. The first-order valence-corrected chi connectivity index (χ1v) is 6.70. The number of rotatable bonds is 1. The van der Waals surface area contributed by atoms with E-state index in [1.54, 1.807) is 12.3 Å². The van der Waals surface area contributed by atoms with Crippen molar-refractivity contribution in [3.05, 3.63) is 35.1 Å². The van der Waals surface area contributed by atoms with Crippen LogP contribution in [0, 0.1) is 11.2 Å². The number of aryl methyl sites for hydroxylation is 1. The monoisotopic (exact) mass is 279 g/mol. The van der Waals surface area contributed by atoms with Gasteiger partial charge in [-0.1, -0.05) is 25.4 Å². The Morgan fingerprint density at radius 2 is 2.11 bits per heavy atom. The second-order valence-corrected chi connectivity index (χ2v) is 6.19. The van der Waals surface area contributed by atoms with E-state index >= 15 is 0 Å². The number of hydrogen-bond acceptors (Lipinski definition) is 2. The van der Waals surface area contributed by atoms with Crippen molar-refractivity contribution in [3.8, 4) is 11.1 Å². The molecule has 3 heterocycles. The maximum atomic E-state index is 13.9. The van der Waals surface area contributed by atoms with Crippen molar-refractivity contribution in [1.29, 1.82) is 0 Å². The largest absolute Gasteiger partial charge is 0.269 e. The molecule has 0 aliphatic carbocycles. The lowest BCUT2D eigenvalue weighted by Gasteiger charge is -2.30. The van der Waals surface area contributed by atoms with Gasteiger partial charge < -0.3 is 0 Å². The first-order chi connectivity index (χ1) is 8.96. The summed E-state index contributed by atoms with van der Waals surface area (Å²) < 4.78 is 15.9. The molecule has 3 nitrogen and oxygen atoms in total. The van der Waals surface area contributed by atoms with Gasteiger partial charge in [0.15, 0.2) is 0 Å². The zero-order valence-corrected chi connectivity index (χ0v) is 11.7. The molecule has 2 aromatic rings. The molecule has 0 bridgehead atoms. The molecule has 5 heteroatoms. The maximum Gasteiger partial charge on any atom is 0.149 e. The summed E-state index contributed by atoms with van der Waals surface area (Å²) in [4.78, 5) is 3.75. The molecule has 0 aromatic carbocycles. The van der Waals surface area contributed by atoms with Gasteiger partial charge in [-0.25, -0.2) is 9.37 Å². The summed E-state index contributed by atoms with van der Waals surface area (Å²) in [7, 11) is 0. The van der Waals surface area contributed by atoms with Crippen LogP contribution < -0.4 is 0 Å². The molecule has 2 aromatic heterocycles. The van der Waals surface area contributed by atoms with Crippen molar-refractivity contribution in [2.75, 3.05) is 0 Å². The number of nitrogens with zero attached hydrogens (tertiary/aromatic N) is 3. The molecular formula is C14H15ClFN3. The first kappa shape index (κ1) is 12.6. The highest BCUT2D eigenvalue weighted by Crippen LogP contribution is 2.37. The van der Waals surface area contributed by atoms with Gasteiger partial charge in [0, 0.05) is 23.4 Å². The second-order valence-electron chi connectivity index (χ2n) is 5.81. The summed E-state index contributed by atoms with van der Waals surface area (Å²) in [6.45, 7) is 5.33. The fourth-order valence-corrected chi connectivity index (χ4v) is 2.74. The highest BCUT2D eigenvalue weighted by Gasteiger charge is 2.29. The van der Waals surface area contributed by atoms with Gasteiger partial charge in [0.2, 0.25) is 0 Å². The van der Waals surface area contributed by atoms with Crippen molar-refractivity contribution < 1.29 is 4.39 Å². The van der Waals surface area contributed by atoms with Gasteiger partial charge in [-0.2, -0.15) is 5.10 Å². The van der Waals surface area contributed by atoms with Crippen LogP contribution in [0.1, 0.15) is 26.0 Å². The Labute approximate surface area is 116 Å². The van der Waals surface area contributed by atoms with Crippen LogP contribution in [-0.2, 0) is 13.0 Å². The molecule has 1 aliphatic heterocycles. The van der Waals surface area contributed by atoms with E-state index in [4.69, 9.17) is 11.6 Å². The molecule has 0 amide bonds. The van der Waals surface area contributed by atoms with Crippen molar-refractivity contribution in [2.24, 2.45) is 5.41 Å². The fraction of sp³-hybridized carbons (Fsp3) is 0.429. The first-order valence-electron chi connectivity index (χ1n) is 6.32. The van der Waals surface area contributed by atoms with Crippen molar-refractivity contribution >= 4 is 11.6 Å². The highest BCUT2D eigenvalue weighted by atomic mass is 35.5. The molecule has 0 radical (unpaired) electrons. The van der Waals surface area contributed by atoms with Crippen LogP contribution in [0.4, 0.5) is 4.39 Å². The van der Waals surface area contributed by atoms with E-state index in [0.717, 1.165) is 36.8 Å². The molecule has 0 saturated heterocycles. The van der Waals surface area contributed by atoms with Gasteiger partial charge >= 0.3 is 0 Å². The van der Waals surface area contributed by atoms with Gasteiger partial charge in [-0.15, -0.1) is 0 Å². The Bertz CT molecular complexity index is 634. The smallest absolute Gasteiger partial charge is 0.149 e. The van der Waals surface area contributed by atoms with Gasteiger partial charge in [0.25, 0.3) is 0 Å². The summed E-state index contributed by atoms with van der Waals surface area (Å²) in [5.74, 6) is -0.358. The number of aromatic nitrogens is 3. The number of fused-ring (bicyclic) bond motifs is 1. The summed E-state index contributed by atoms with van der Waals surface area (Å²) in [5, 5.41) is 4.65. The van der Waals surface area contributed by atoms with Crippen molar-refractivity contribution in [1.82, 2.24) is 14.8 Å². The lowest BCUT2D eigenvalue weighted by atomic mass is 9.81. The van der Waals surface area contributed by atoms with Crippen LogP contribution in [0.25, 0.3) is 11.1 Å². The summed E-state index contributed by atoms with van der Waals surface area (Å²) >= 11 is 5.87. The minimum Gasteiger partial charge on any atom is -0.269 e. The highest BCUT2D eigenvalue weighted by molar-refractivity contribution is 6.29. The average molecular weight is 280 g/mol. The molecule has 100 valence electrons. The maximum absolute atomic E-state index is 13.9. The minimum atomic E-state index is -0.358. The van der Waals surface area contributed by atoms with Crippen LogP contribution in [0.5, 0.6) is 0 Å². The lowest BCUT2D eigenvalue weighted by molar-refractivity contribution is 0.260. The van der Waals surface area contributed by atoms with E-state index in [-0.39, 0.29) is 11.2 Å². The van der Waals surface area contributed by atoms with E-state index in [1.807, 2.05) is 4.68 Å². The van der Waals surface area contributed by atoms with Gasteiger partial charge in [0.05, 0.1) is 12.4 Å². The zero-order chi connectivity index (χ0) is 13.6. The van der Waals surface area contributed by atoms with Crippen LogP contribution in [0.15, 0.2) is 18.5 Å². The Kier molecular flexibility index (Phi) is 2.86. The fourth-order valence-electron chi connectivity index (χ4n) is 2.58. The molecule has 3 rings (SSSR count). The number of pyridine rings is 1. The molecule has 0 atom stereocenters. The predicted molar refractivity (Wildman–Crippen MR) is 72.5 cm³/mol. The third-order valence-corrected chi connectivity index (χ3v) is 3.91. The van der Waals surface area contributed by atoms with Gasteiger partial charge in [-0.05, 0) is 24.3 Å². The minimum absolute atomic E-state index is 0.220. The van der Waals surface area contributed by atoms with Crippen molar-refractivity contribution in [3.63, 3.8) is 0 Å². The molecule has 0 unspecified atom stereocenters. The molecule has 0 spiro atoms. The standard InChI is InChI=1S/C14H15ClFN3/c1-14(2)3-4-19-12(6-14)10(7-18-19)9-5-13(15)17-8-11(9)16/h5,7-8H,3-4,6H2,1-2H3. The SMILES string of the molecule is CC1(C)CCn2ncc(-c3cc(Cl)ncc3F)c2C1. The molecule has 19 heavy (non-hydrogen) atoms. The summed E-state index contributed by atoms with van der Waals surface area (Å²) in [5.41, 5.74) is 2.61. The Hall–Kier alpha value is -1.42. The van der Waals surface area contributed by atoms with Crippen LogP contribution in [0.2, 0.25) is 5.15 Å². The average Bonchev–Trinajstić information content (AvgIpc) is 2.73. The third-order valence-electron chi connectivity index (χ3n) is 3.71. The Morgan fingerprint density at radius 3 is 2.89 bits per heavy atom. The molecule has 0 fully saturated rings. The van der Waals surface area contributed by atoms with E-state index in [1.165, 1.54) is 0 Å². The van der Waals surface area contributed by atoms with Crippen LogP contribution in [0.3, 0.4) is 0 Å². The van der Waals surface area contributed by atoms with Gasteiger partial charge in [-0.3, -0.25) is 4.68 Å². The van der Waals surface area contributed by atoms with Crippen molar-refractivity contribution in [2.45, 2.75) is 33.2 Å². The topological polar surface area (TPSA) is 30.7 Å². The van der Waals surface area contributed by atoms with E-state index in [9.17, 15) is 4.39 Å². The summed E-state index contributed by atoms with van der Waals surface area (Å²) in [6.07, 6.45) is 4.86. The van der Waals surface area contributed by atoms with Crippen LogP contribution in [-0.4, -0.2) is 14.8 Å². The quantitative estimate of drug-likeness (QED) is 0.745. The Morgan fingerprint density at radius 1 is 1.32 bits per heavy atom. The third kappa shape index (κ3) is 2.25. The predicted octanol–water partition coefficient (Wildman–Crippen LogP) is 3.71. The van der Waals surface area contributed by atoms with E-state index in [2.05, 4.69) is 23.9 Å². The Balaban J connectivity index is 2.12. The summed E-state index contributed by atoms with van der Waals surface area (Å²) in [6, 6.07) is 1.57. The molecule has 0 N–H and O–H groups in total.